The number of carbonyl (C=O) groups is 2. The maximum atomic E-state index is 12.9. The highest BCUT2D eigenvalue weighted by molar-refractivity contribution is 6.35. The minimum Gasteiger partial charge on any atom is -0.380 e. The number of fused-ring (bicyclic) bond motifs is 1. The first-order valence-corrected chi connectivity index (χ1v) is 10.4. The maximum absolute atomic E-state index is 12.9. The molecule has 2 aromatic carbocycles. The van der Waals surface area contributed by atoms with Crippen LogP contribution >= 0.6 is 11.6 Å². The summed E-state index contributed by atoms with van der Waals surface area (Å²) in [5.41, 5.74) is 1.95. The van der Waals surface area contributed by atoms with E-state index in [2.05, 4.69) is 10.2 Å². The van der Waals surface area contributed by atoms with Crippen LogP contribution in [0.4, 0.5) is 0 Å². The summed E-state index contributed by atoms with van der Waals surface area (Å²) in [5, 5.41) is 18.8. The van der Waals surface area contributed by atoms with E-state index in [0.717, 1.165) is 22.2 Å². The summed E-state index contributed by atoms with van der Waals surface area (Å²) in [4.78, 5) is 28.5. The summed E-state index contributed by atoms with van der Waals surface area (Å²) < 4.78 is 0. The zero-order chi connectivity index (χ0) is 20.9. The Kier molecular flexibility index (Phi) is 4.52. The molecule has 8 heteroatoms. The van der Waals surface area contributed by atoms with Crippen molar-refractivity contribution in [2.24, 2.45) is 0 Å². The van der Waals surface area contributed by atoms with Crippen LogP contribution in [0.1, 0.15) is 23.2 Å². The minimum atomic E-state index is -1.15. The van der Waals surface area contributed by atoms with Crippen molar-refractivity contribution >= 4 is 34.3 Å². The number of H-pyrrole nitrogens is 1. The lowest BCUT2D eigenvalue weighted by atomic mass is 10.0. The third-order valence-corrected chi connectivity index (χ3v) is 6.24. The van der Waals surface area contributed by atoms with Crippen LogP contribution in [0.2, 0.25) is 5.02 Å². The van der Waals surface area contributed by atoms with Crippen molar-refractivity contribution < 1.29 is 14.7 Å². The fourth-order valence-electron chi connectivity index (χ4n) is 3.92. The Bertz CT molecular complexity index is 1130. The number of benzene rings is 2. The number of rotatable bonds is 3. The van der Waals surface area contributed by atoms with Gasteiger partial charge in [0, 0.05) is 42.7 Å². The molecular formula is C22H21ClN4O3. The molecule has 2 heterocycles. The molecule has 1 aromatic heterocycles. The first kappa shape index (κ1) is 19.1. The summed E-state index contributed by atoms with van der Waals surface area (Å²) >= 11 is 6.20. The average Bonchev–Trinajstić information content (AvgIpc) is 3.38. The summed E-state index contributed by atoms with van der Waals surface area (Å²) in [5.74, 6) is -0.262. The number of aliphatic hydroxyl groups is 1. The van der Waals surface area contributed by atoms with Crippen molar-refractivity contribution in [2.75, 3.05) is 26.2 Å². The standard InChI is InChI=1S/C22H21ClN4O3/c23-17-3-1-2-16-18(24-25-19(16)17)14-4-6-15(7-5-14)20(28)26-10-12-27(13-11-26)21(29)22(30)8-9-22/h1-7,30H,8-13H2,(H,24,25). The topological polar surface area (TPSA) is 89.5 Å². The van der Waals surface area contributed by atoms with Crippen molar-refractivity contribution in [3.8, 4) is 11.3 Å². The molecule has 30 heavy (non-hydrogen) atoms. The highest BCUT2D eigenvalue weighted by atomic mass is 35.5. The van der Waals surface area contributed by atoms with Crippen LogP contribution in [0.3, 0.4) is 0 Å². The van der Waals surface area contributed by atoms with Crippen LogP contribution in [0.5, 0.6) is 0 Å². The van der Waals surface area contributed by atoms with Gasteiger partial charge in [-0.15, -0.1) is 0 Å². The first-order chi connectivity index (χ1) is 14.5. The van der Waals surface area contributed by atoms with Crippen molar-refractivity contribution in [1.82, 2.24) is 20.0 Å². The van der Waals surface area contributed by atoms with Gasteiger partial charge in [-0.1, -0.05) is 35.9 Å². The second-order valence-corrected chi connectivity index (χ2v) is 8.34. The Hall–Kier alpha value is -2.90. The van der Waals surface area contributed by atoms with Crippen molar-refractivity contribution in [3.63, 3.8) is 0 Å². The van der Waals surface area contributed by atoms with Crippen LogP contribution in [-0.2, 0) is 4.79 Å². The van der Waals surface area contributed by atoms with Gasteiger partial charge in [0.1, 0.15) is 11.1 Å². The molecule has 0 unspecified atom stereocenters. The fraction of sp³-hybridized carbons (Fsp3) is 0.318. The fourth-order valence-corrected chi connectivity index (χ4v) is 4.14. The van der Waals surface area contributed by atoms with Gasteiger partial charge in [-0.05, 0) is 31.0 Å². The lowest BCUT2D eigenvalue weighted by Gasteiger charge is -2.35. The van der Waals surface area contributed by atoms with Gasteiger partial charge in [-0.3, -0.25) is 14.7 Å². The Balaban J connectivity index is 1.28. The molecule has 0 spiro atoms. The maximum Gasteiger partial charge on any atom is 0.254 e. The van der Waals surface area contributed by atoms with Gasteiger partial charge in [-0.25, -0.2) is 0 Å². The number of carbonyl (C=O) groups excluding carboxylic acids is 2. The number of nitrogens with one attached hydrogen (secondary N) is 1. The summed E-state index contributed by atoms with van der Waals surface area (Å²) in [6, 6.07) is 13.0. The predicted molar refractivity (Wildman–Crippen MR) is 113 cm³/mol. The van der Waals surface area contributed by atoms with Gasteiger partial charge in [0.05, 0.1) is 10.7 Å². The van der Waals surface area contributed by atoms with E-state index in [1.165, 1.54) is 0 Å². The molecule has 7 nitrogen and oxygen atoms in total. The van der Waals surface area contributed by atoms with Crippen molar-refractivity contribution in [2.45, 2.75) is 18.4 Å². The molecule has 0 radical (unpaired) electrons. The number of hydrogen-bond acceptors (Lipinski definition) is 4. The number of nitrogens with zero attached hydrogens (tertiary/aromatic N) is 3. The van der Waals surface area contributed by atoms with E-state index in [-0.39, 0.29) is 11.8 Å². The Labute approximate surface area is 178 Å². The molecule has 1 aliphatic carbocycles. The number of aromatic nitrogens is 2. The largest absolute Gasteiger partial charge is 0.380 e. The lowest BCUT2D eigenvalue weighted by Crippen LogP contribution is -2.53. The molecule has 0 bridgehead atoms. The molecule has 5 rings (SSSR count). The summed E-state index contributed by atoms with van der Waals surface area (Å²) in [7, 11) is 0. The number of amides is 2. The molecule has 154 valence electrons. The highest BCUT2D eigenvalue weighted by Crippen LogP contribution is 2.37. The SMILES string of the molecule is O=C(c1ccc(-c2[nH]nc3c(Cl)cccc23)cc1)N1CCN(C(=O)C2(O)CC2)CC1. The van der Waals surface area contributed by atoms with Gasteiger partial charge in [0.2, 0.25) is 0 Å². The van der Waals surface area contributed by atoms with Crippen LogP contribution in [-0.4, -0.2) is 68.7 Å². The third-order valence-electron chi connectivity index (χ3n) is 5.93. The van der Waals surface area contributed by atoms with Crippen LogP contribution in [0, 0.1) is 0 Å². The lowest BCUT2D eigenvalue weighted by molar-refractivity contribution is -0.143. The Morgan fingerprint density at radius 1 is 1.00 bits per heavy atom. The van der Waals surface area contributed by atoms with E-state index in [1.807, 2.05) is 24.3 Å². The summed E-state index contributed by atoms with van der Waals surface area (Å²) in [6.07, 6.45) is 1.07. The van der Waals surface area contributed by atoms with Gasteiger partial charge in [-0.2, -0.15) is 5.10 Å². The summed E-state index contributed by atoms with van der Waals surface area (Å²) in [6.45, 7) is 1.83. The van der Waals surface area contributed by atoms with Crippen LogP contribution in [0.25, 0.3) is 22.2 Å². The number of aromatic amines is 1. The molecular weight excluding hydrogens is 404 g/mol. The van der Waals surface area contributed by atoms with Crippen LogP contribution in [0.15, 0.2) is 42.5 Å². The third kappa shape index (κ3) is 3.24. The Morgan fingerprint density at radius 2 is 1.67 bits per heavy atom. The first-order valence-electron chi connectivity index (χ1n) is 10.0. The second kappa shape index (κ2) is 7.11. The normalized spacial score (nSPS) is 17.9. The number of halogens is 1. The molecule has 2 fully saturated rings. The monoisotopic (exact) mass is 424 g/mol. The van der Waals surface area contributed by atoms with E-state index < -0.39 is 5.60 Å². The van der Waals surface area contributed by atoms with E-state index in [9.17, 15) is 14.7 Å². The molecule has 3 aromatic rings. The van der Waals surface area contributed by atoms with Crippen LogP contribution < -0.4 is 0 Å². The highest BCUT2D eigenvalue weighted by Gasteiger charge is 2.50. The quantitative estimate of drug-likeness (QED) is 0.676. The number of para-hydroxylation sites is 1. The Morgan fingerprint density at radius 3 is 2.33 bits per heavy atom. The van der Waals surface area contributed by atoms with Gasteiger partial charge in [0.25, 0.3) is 11.8 Å². The molecule has 2 amide bonds. The minimum absolute atomic E-state index is 0.0590. The molecule has 2 aliphatic rings. The molecule has 1 saturated carbocycles. The zero-order valence-electron chi connectivity index (χ0n) is 16.3. The van der Waals surface area contributed by atoms with Gasteiger partial charge in [0.15, 0.2) is 0 Å². The van der Waals surface area contributed by atoms with E-state index in [0.29, 0.717) is 49.6 Å². The van der Waals surface area contributed by atoms with Gasteiger partial charge >= 0.3 is 0 Å². The van der Waals surface area contributed by atoms with E-state index in [4.69, 9.17) is 11.6 Å². The number of piperazine rings is 1. The van der Waals surface area contributed by atoms with Crippen molar-refractivity contribution in [3.05, 3.63) is 53.1 Å². The van der Waals surface area contributed by atoms with Crippen molar-refractivity contribution in [1.29, 1.82) is 0 Å². The number of hydrogen-bond donors (Lipinski definition) is 2. The smallest absolute Gasteiger partial charge is 0.254 e. The molecule has 1 saturated heterocycles. The predicted octanol–water partition coefficient (Wildman–Crippen LogP) is 2.69. The van der Waals surface area contributed by atoms with Gasteiger partial charge < -0.3 is 14.9 Å². The average molecular weight is 425 g/mol. The second-order valence-electron chi connectivity index (χ2n) is 7.93. The van der Waals surface area contributed by atoms with E-state index in [1.54, 1.807) is 28.0 Å². The van der Waals surface area contributed by atoms with E-state index >= 15 is 0 Å². The zero-order valence-corrected chi connectivity index (χ0v) is 17.0. The molecule has 2 N–H and O–H groups in total. The molecule has 1 aliphatic heterocycles. The molecule has 0 atom stereocenters.